The summed E-state index contributed by atoms with van der Waals surface area (Å²) in [5.41, 5.74) is 3.01. The van der Waals surface area contributed by atoms with Crippen molar-refractivity contribution in [3.05, 3.63) is 83.8 Å². The van der Waals surface area contributed by atoms with Crippen LogP contribution in [0.3, 0.4) is 0 Å². The first kappa shape index (κ1) is 17.2. The molecule has 4 aromatic rings. The molecule has 0 saturated heterocycles. The van der Waals surface area contributed by atoms with E-state index in [2.05, 4.69) is 31.7 Å². The Bertz CT molecular complexity index is 1060. The van der Waals surface area contributed by atoms with Crippen LogP contribution in [-0.2, 0) is 6.42 Å². The minimum Gasteiger partial charge on any atom is -0.370 e. The third-order valence-electron chi connectivity index (χ3n) is 4.17. The van der Waals surface area contributed by atoms with Crippen LogP contribution in [0.1, 0.15) is 5.56 Å². The Labute approximate surface area is 162 Å². The Kier molecular flexibility index (Phi) is 5.12. The Balaban J connectivity index is 1.44. The SMILES string of the molecule is Clc1cccc(CCNc2cc(Nc3cccc4cccnc34)ncn2)c1. The van der Waals surface area contributed by atoms with Crippen LogP contribution in [0.5, 0.6) is 0 Å². The second-order valence-electron chi connectivity index (χ2n) is 6.10. The van der Waals surface area contributed by atoms with Crippen LogP contribution in [0, 0.1) is 0 Å². The number of nitrogens with one attached hydrogen (secondary N) is 2. The first-order valence-electron chi connectivity index (χ1n) is 8.69. The van der Waals surface area contributed by atoms with Crippen LogP contribution in [0.4, 0.5) is 17.3 Å². The average Bonchev–Trinajstić information content (AvgIpc) is 2.69. The quantitative estimate of drug-likeness (QED) is 0.492. The number of hydrogen-bond donors (Lipinski definition) is 2. The van der Waals surface area contributed by atoms with Gasteiger partial charge >= 0.3 is 0 Å². The minimum absolute atomic E-state index is 0.716. The molecule has 2 aromatic carbocycles. The number of anilines is 3. The molecule has 0 aliphatic carbocycles. The summed E-state index contributed by atoms with van der Waals surface area (Å²) >= 11 is 6.03. The van der Waals surface area contributed by atoms with Crippen molar-refractivity contribution in [1.29, 1.82) is 0 Å². The third-order valence-corrected chi connectivity index (χ3v) is 4.41. The molecule has 0 atom stereocenters. The molecule has 2 heterocycles. The molecule has 134 valence electrons. The van der Waals surface area contributed by atoms with Crippen molar-refractivity contribution in [3.63, 3.8) is 0 Å². The van der Waals surface area contributed by atoms with Crippen LogP contribution in [-0.4, -0.2) is 21.5 Å². The van der Waals surface area contributed by atoms with E-state index in [-0.39, 0.29) is 0 Å². The molecule has 0 radical (unpaired) electrons. The summed E-state index contributed by atoms with van der Waals surface area (Å²) in [5, 5.41) is 8.49. The van der Waals surface area contributed by atoms with Gasteiger partial charge in [-0.3, -0.25) is 4.98 Å². The van der Waals surface area contributed by atoms with Crippen molar-refractivity contribution in [2.24, 2.45) is 0 Å². The predicted octanol–water partition coefficient (Wildman–Crippen LogP) is 5.08. The van der Waals surface area contributed by atoms with Crippen molar-refractivity contribution in [2.75, 3.05) is 17.2 Å². The van der Waals surface area contributed by atoms with E-state index >= 15 is 0 Å². The number of para-hydroxylation sites is 1. The zero-order chi connectivity index (χ0) is 18.5. The van der Waals surface area contributed by atoms with Gasteiger partial charge in [0.05, 0.1) is 11.2 Å². The Morgan fingerprint density at radius 1 is 0.852 bits per heavy atom. The molecule has 0 aliphatic rings. The first-order valence-corrected chi connectivity index (χ1v) is 9.07. The molecular formula is C21H18ClN5. The molecule has 0 unspecified atom stereocenters. The van der Waals surface area contributed by atoms with E-state index in [1.807, 2.05) is 54.6 Å². The van der Waals surface area contributed by atoms with E-state index < -0.39 is 0 Å². The molecule has 0 aliphatic heterocycles. The molecule has 0 fully saturated rings. The normalized spacial score (nSPS) is 10.7. The van der Waals surface area contributed by atoms with Crippen LogP contribution < -0.4 is 10.6 Å². The standard InChI is InChI=1S/C21H18ClN5/c22-17-7-1-4-15(12-17)9-11-23-19-13-20(26-14-25-19)27-18-8-2-5-16-6-3-10-24-21(16)18/h1-8,10,12-14H,9,11H2,(H2,23,25,26,27). The average molecular weight is 376 g/mol. The number of aromatic nitrogens is 3. The Morgan fingerprint density at radius 3 is 2.63 bits per heavy atom. The fourth-order valence-corrected chi connectivity index (χ4v) is 3.11. The molecule has 2 N–H and O–H groups in total. The lowest BCUT2D eigenvalue weighted by Gasteiger charge is -2.10. The van der Waals surface area contributed by atoms with Crippen molar-refractivity contribution < 1.29 is 0 Å². The van der Waals surface area contributed by atoms with Crippen LogP contribution in [0.15, 0.2) is 73.2 Å². The lowest BCUT2D eigenvalue weighted by molar-refractivity contribution is 1.000. The van der Waals surface area contributed by atoms with Gasteiger partial charge in [0.15, 0.2) is 0 Å². The zero-order valence-corrected chi connectivity index (χ0v) is 15.3. The van der Waals surface area contributed by atoms with Gasteiger partial charge in [0.1, 0.15) is 18.0 Å². The summed E-state index contributed by atoms with van der Waals surface area (Å²) in [5.74, 6) is 1.48. The third kappa shape index (κ3) is 4.33. The fourth-order valence-electron chi connectivity index (χ4n) is 2.89. The maximum Gasteiger partial charge on any atom is 0.135 e. The molecular weight excluding hydrogens is 358 g/mol. The lowest BCUT2D eigenvalue weighted by Crippen LogP contribution is -2.07. The summed E-state index contributed by atoms with van der Waals surface area (Å²) in [6.45, 7) is 0.757. The first-order chi connectivity index (χ1) is 13.3. The molecule has 0 saturated carbocycles. The zero-order valence-electron chi connectivity index (χ0n) is 14.6. The molecule has 4 rings (SSSR count). The van der Waals surface area contributed by atoms with E-state index in [1.165, 1.54) is 5.56 Å². The number of halogens is 1. The fraction of sp³-hybridized carbons (Fsp3) is 0.0952. The van der Waals surface area contributed by atoms with E-state index in [0.29, 0.717) is 5.82 Å². The van der Waals surface area contributed by atoms with Crippen molar-refractivity contribution in [1.82, 2.24) is 15.0 Å². The van der Waals surface area contributed by atoms with Gasteiger partial charge in [-0.25, -0.2) is 9.97 Å². The number of benzene rings is 2. The minimum atomic E-state index is 0.716. The number of fused-ring (bicyclic) bond motifs is 1. The predicted molar refractivity (Wildman–Crippen MR) is 111 cm³/mol. The number of pyridine rings is 1. The maximum atomic E-state index is 6.03. The maximum absolute atomic E-state index is 6.03. The highest BCUT2D eigenvalue weighted by molar-refractivity contribution is 6.30. The molecule has 5 nitrogen and oxygen atoms in total. The summed E-state index contributed by atoms with van der Waals surface area (Å²) in [6, 6.07) is 19.8. The highest BCUT2D eigenvalue weighted by Gasteiger charge is 2.04. The molecule has 6 heteroatoms. The summed E-state index contributed by atoms with van der Waals surface area (Å²) in [6.07, 6.45) is 4.19. The summed E-state index contributed by atoms with van der Waals surface area (Å²) < 4.78 is 0. The highest BCUT2D eigenvalue weighted by Crippen LogP contribution is 2.24. The van der Waals surface area contributed by atoms with Gasteiger partial charge in [-0.1, -0.05) is 41.9 Å². The van der Waals surface area contributed by atoms with Gasteiger partial charge in [0.25, 0.3) is 0 Å². The van der Waals surface area contributed by atoms with Crippen LogP contribution in [0.25, 0.3) is 10.9 Å². The highest BCUT2D eigenvalue weighted by atomic mass is 35.5. The number of hydrogen-bond acceptors (Lipinski definition) is 5. The van der Waals surface area contributed by atoms with Gasteiger partial charge in [-0.15, -0.1) is 0 Å². The summed E-state index contributed by atoms with van der Waals surface area (Å²) in [4.78, 5) is 13.1. The van der Waals surface area contributed by atoms with Gasteiger partial charge in [0.2, 0.25) is 0 Å². The van der Waals surface area contributed by atoms with Crippen molar-refractivity contribution >= 4 is 39.8 Å². The van der Waals surface area contributed by atoms with E-state index in [0.717, 1.165) is 40.4 Å². The van der Waals surface area contributed by atoms with Gasteiger partial charge < -0.3 is 10.6 Å². The topological polar surface area (TPSA) is 62.7 Å². The van der Waals surface area contributed by atoms with Gasteiger partial charge in [0, 0.05) is 29.2 Å². The van der Waals surface area contributed by atoms with Crippen LogP contribution >= 0.6 is 11.6 Å². The molecule has 2 aromatic heterocycles. The second kappa shape index (κ2) is 8.01. The monoisotopic (exact) mass is 375 g/mol. The Morgan fingerprint density at radius 2 is 1.70 bits per heavy atom. The summed E-state index contributed by atoms with van der Waals surface area (Å²) in [7, 11) is 0. The molecule has 0 amide bonds. The Hall–Kier alpha value is -3.18. The lowest BCUT2D eigenvalue weighted by atomic mass is 10.1. The smallest absolute Gasteiger partial charge is 0.135 e. The van der Waals surface area contributed by atoms with E-state index in [1.54, 1.807) is 12.5 Å². The number of rotatable bonds is 6. The van der Waals surface area contributed by atoms with Gasteiger partial charge in [-0.05, 0) is 36.2 Å². The van der Waals surface area contributed by atoms with Crippen molar-refractivity contribution in [2.45, 2.75) is 6.42 Å². The molecule has 27 heavy (non-hydrogen) atoms. The second-order valence-corrected chi connectivity index (χ2v) is 6.54. The number of nitrogens with zero attached hydrogens (tertiary/aromatic N) is 3. The largest absolute Gasteiger partial charge is 0.370 e. The van der Waals surface area contributed by atoms with Gasteiger partial charge in [-0.2, -0.15) is 0 Å². The van der Waals surface area contributed by atoms with Crippen molar-refractivity contribution in [3.8, 4) is 0 Å². The van der Waals surface area contributed by atoms with E-state index in [9.17, 15) is 0 Å². The van der Waals surface area contributed by atoms with Crippen LogP contribution in [0.2, 0.25) is 5.02 Å². The van der Waals surface area contributed by atoms with E-state index in [4.69, 9.17) is 11.6 Å². The molecule has 0 bridgehead atoms. The molecule has 0 spiro atoms.